The van der Waals surface area contributed by atoms with Crippen molar-refractivity contribution in [3.8, 4) is 0 Å². The van der Waals surface area contributed by atoms with Crippen LogP contribution in [0.2, 0.25) is 0 Å². The summed E-state index contributed by atoms with van der Waals surface area (Å²) in [5.74, 6) is -0.580. The van der Waals surface area contributed by atoms with Crippen molar-refractivity contribution in [2.45, 2.75) is 17.0 Å². The van der Waals surface area contributed by atoms with Crippen LogP contribution in [0.4, 0.5) is 13.2 Å². The van der Waals surface area contributed by atoms with Crippen molar-refractivity contribution in [2.24, 2.45) is 5.73 Å². The number of carbonyl (C=O) groups excluding carboxylic acids is 1. The molecule has 18 heavy (non-hydrogen) atoms. The molecule has 0 aliphatic heterocycles. The normalized spacial score (nSPS) is 11.3. The molecule has 0 atom stereocenters. The summed E-state index contributed by atoms with van der Waals surface area (Å²) in [5.41, 5.74) is 0.692. The number of hydrogen-bond acceptors (Lipinski definition) is 4. The monoisotopic (exact) mass is 279 g/mol. The lowest BCUT2D eigenvalue weighted by atomic mass is 10.2. The van der Waals surface area contributed by atoms with E-state index in [1.54, 1.807) is 0 Å². The first-order valence-electron chi connectivity index (χ1n) is 5.13. The second kappa shape index (κ2) is 6.60. The molecule has 1 heterocycles. The fourth-order valence-electron chi connectivity index (χ4n) is 1.15. The average Bonchev–Trinajstić information content (AvgIpc) is 2.27. The van der Waals surface area contributed by atoms with Gasteiger partial charge in [0.05, 0.1) is 5.56 Å². The van der Waals surface area contributed by atoms with Gasteiger partial charge in [-0.25, -0.2) is 4.98 Å². The van der Waals surface area contributed by atoms with Gasteiger partial charge in [-0.1, -0.05) is 0 Å². The van der Waals surface area contributed by atoms with Crippen LogP contribution in [0, 0.1) is 0 Å². The molecule has 0 aromatic carbocycles. The fraction of sp³-hybridized carbons (Fsp3) is 0.400. The molecule has 0 aliphatic rings. The molecule has 4 nitrogen and oxygen atoms in total. The maximum absolute atomic E-state index is 12.3. The molecule has 0 spiro atoms. The van der Waals surface area contributed by atoms with Crippen molar-refractivity contribution in [1.29, 1.82) is 0 Å². The molecule has 0 unspecified atom stereocenters. The number of rotatable bonds is 5. The van der Waals surface area contributed by atoms with E-state index in [4.69, 9.17) is 5.73 Å². The predicted octanol–water partition coefficient (Wildman–Crippen LogP) is 1.77. The van der Waals surface area contributed by atoms with Crippen molar-refractivity contribution in [3.63, 3.8) is 0 Å². The second-order valence-electron chi connectivity index (χ2n) is 3.30. The number of pyridine rings is 1. The van der Waals surface area contributed by atoms with Crippen LogP contribution in [0.15, 0.2) is 23.4 Å². The van der Waals surface area contributed by atoms with Crippen LogP contribution in [0.5, 0.6) is 0 Å². The van der Waals surface area contributed by atoms with Crippen LogP contribution in [0.25, 0.3) is 0 Å². The van der Waals surface area contributed by atoms with E-state index in [1.807, 2.05) is 0 Å². The van der Waals surface area contributed by atoms with E-state index in [0.29, 0.717) is 19.5 Å². The van der Waals surface area contributed by atoms with Crippen LogP contribution < -0.4 is 11.1 Å². The van der Waals surface area contributed by atoms with Gasteiger partial charge in [0.2, 0.25) is 0 Å². The van der Waals surface area contributed by atoms with Gasteiger partial charge in [-0.2, -0.15) is 13.2 Å². The van der Waals surface area contributed by atoms with Gasteiger partial charge >= 0.3 is 5.51 Å². The third-order valence-corrected chi connectivity index (χ3v) is 2.64. The molecule has 0 fully saturated rings. The molecule has 0 saturated heterocycles. The summed E-state index contributed by atoms with van der Waals surface area (Å²) < 4.78 is 36.8. The predicted molar refractivity (Wildman–Crippen MR) is 62.2 cm³/mol. The van der Waals surface area contributed by atoms with E-state index in [0.717, 1.165) is 0 Å². The smallest absolute Gasteiger partial charge is 0.352 e. The van der Waals surface area contributed by atoms with Gasteiger partial charge in [0.1, 0.15) is 5.03 Å². The highest BCUT2D eigenvalue weighted by Crippen LogP contribution is 2.37. The number of nitrogens with two attached hydrogens (primary N) is 1. The zero-order valence-corrected chi connectivity index (χ0v) is 10.1. The molecule has 8 heteroatoms. The minimum absolute atomic E-state index is 0.0863. The van der Waals surface area contributed by atoms with Crippen molar-refractivity contribution in [2.75, 3.05) is 13.1 Å². The van der Waals surface area contributed by atoms with Crippen molar-refractivity contribution >= 4 is 17.7 Å². The summed E-state index contributed by atoms with van der Waals surface area (Å²) >= 11 is -0.402. The summed E-state index contributed by atoms with van der Waals surface area (Å²) in [6.45, 7) is 0.720. The molecule has 0 radical (unpaired) electrons. The Kier molecular flexibility index (Phi) is 5.42. The Morgan fingerprint density at radius 3 is 2.83 bits per heavy atom. The Bertz CT molecular complexity index is 412. The number of halogens is 3. The number of thioether (sulfide) groups is 1. The molecule has 0 bridgehead atoms. The highest BCUT2D eigenvalue weighted by molar-refractivity contribution is 8.00. The van der Waals surface area contributed by atoms with Gasteiger partial charge in [0.15, 0.2) is 0 Å². The Morgan fingerprint density at radius 2 is 2.22 bits per heavy atom. The van der Waals surface area contributed by atoms with Crippen LogP contribution >= 0.6 is 11.8 Å². The molecule has 3 N–H and O–H groups in total. The van der Waals surface area contributed by atoms with Gasteiger partial charge in [0.25, 0.3) is 5.91 Å². The number of carbonyl (C=O) groups is 1. The Labute approximate surface area is 106 Å². The largest absolute Gasteiger partial charge is 0.447 e. The highest BCUT2D eigenvalue weighted by atomic mass is 32.2. The first-order chi connectivity index (χ1) is 8.44. The van der Waals surface area contributed by atoms with Crippen LogP contribution in [0.1, 0.15) is 16.8 Å². The first-order valence-corrected chi connectivity index (χ1v) is 5.94. The summed E-state index contributed by atoms with van der Waals surface area (Å²) in [6.07, 6.45) is 1.78. The van der Waals surface area contributed by atoms with E-state index in [9.17, 15) is 18.0 Å². The lowest BCUT2D eigenvalue weighted by Gasteiger charge is -2.10. The van der Waals surface area contributed by atoms with Gasteiger partial charge in [-0.3, -0.25) is 4.79 Å². The van der Waals surface area contributed by atoms with Crippen LogP contribution in [0.3, 0.4) is 0 Å². The number of amides is 1. The molecular weight excluding hydrogens is 267 g/mol. The number of hydrogen-bond donors (Lipinski definition) is 2. The standard InChI is InChI=1S/C10H12F3N3OS/c11-10(12,13)18-9-7(3-1-5-16-9)8(17)15-6-2-4-14/h1,3,5H,2,4,6,14H2,(H,15,17). The average molecular weight is 279 g/mol. The van der Waals surface area contributed by atoms with Gasteiger partial charge in [-0.15, -0.1) is 0 Å². The maximum Gasteiger partial charge on any atom is 0.447 e. The number of aromatic nitrogens is 1. The quantitative estimate of drug-likeness (QED) is 0.636. The summed E-state index contributed by atoms with van der Waals surface area (Å²) in [6, 6.07) is 2.72. The van der Waals surface area contributed by atoms with Crippen molar-refractivity contribution in [3.05, 3.63) is 23.9 Å². The maximum atomic E-state index is 12.3. The van der Waals surface area contributed by atoms with Gasteiger partial charge < -0.3 is 11.1 Å². The summed E-state index contributed by atoms with van der Waals surface area (Å²) in [7, 11) is 0. The zero-order valence-electron chi connectivity index (χ0n) is 9.33. The lowest BCUT2D eigenvalue weighted by molar-refractivity contribution is -0.0329. The van der Waals surface area contributed by atoms with Crippen LogP contribution in [-0.2, 0) is 0 Å². The molecule has 0 aliphatic carbocycles. The Hall–Kier alpha value is -1.28. The Morgan fingerprint density at radius 1 is 1.50 bits per heavy atom. The van der Waals surface area contributed by atoms with Gasteiger partial charge in [-0.05, 0) is 25.1 Å². The first kappa shape index (κ1) is 14.8. The lowest BCUT2D eigenvalue weighted by Crippen LogP contribution is -2.26. The molecule has 1 aromatic rings. The summed E-state index contributed by atoms with van der Waals surface area (Å²) in [4.78, 5) is 15.2. The fourth-order valence-corrected chi connectivity index (χ4v) is 1.76. The van der Waals surface area contributed by atoms with Crippen LogP contribution in [-0.4, -0.2) is 29.5 Å². The third kappa shape index (κ3) is 4.92. The minimum atomic E-state index is -4.47. The van der Waals surface area contributed by atoms with E-state index < -0.39 is 23.2 Å². The zero-order chi connectivity index (χ0) is 13.6. The minimum Gasteiger partial charge on any atom is -0.352 e. The van der Waals surface area contributed by atoms with Crippen molar-refractivity contribution in [1.82, 2.24) is 10.3 Å². The number of alkyl halides is 3. The third-order valence-electron chi connectivity index (χ3n) is 1.89. The second-order valence-corrected chi connectivity index (χ2v) is 4.36. The molecule has 0 saturated carbocycles. The number of nitrogens with one attached hydrogen (secondary N) is 1. The van der Waals surface area contributed by atoms with E-state index >= 15 is 0 Å². The number of nitrogens with zero attached hydrogens (tertiary/aromatic N) is 1. The Balaban J connectivity index is 2.78. The highest BCUT2D eigenvalue weighted by Gasteiger charge is 2.32. The topological polar surface area (TPSA) is 68.0 Å². The molecule has 100 valence electrons. The van der Waals surface area contributed by atoms with Crippen molar-refractivity contribution < 1.29 is 18.0 Å². The summed E-state index contributed by atoms with van der Waals surface area (Å²) in [5, 5.41) is 2.13. The molecular formula is C10H12F3N3OS. The molecule has 1 rings (SSSR count). The van der Waals surface area contributed by atoms with Gasteiger partial charge in [0, 0.05) is 24.5 Å². The molecule has 1 amide bonds. The van der Waals surface area contributed by atoms with E-state index in [2.05, 4.69) is 10.3 Å². The van der Waals surface area contributed by atoms with E-state index in [1.165, 1.54) is 18.3 Å². The molecule has 1 aromatic heterocycles. The SMILES string of the molecule is NCCCNC(=O)c1cccnc1SC(F)(F)F. The van der Waals surface area contributed by atoms with E-state index in [-0.39, 0.29) is 10.6 Å².